The number of halogens is 2. The third-order valence-corrected chi connectivity index (χ3v) is 5.56. The van der Waals surface area contributed by atoms with Crippen molar-refractivity contribution in [1.82, 2.24) is 0 Å². The molecule has 0 aliphatic carbocycles. The molecule has 0 aliphatic heterocycles. The molecule has 9 heteroatoms. The van der Waals surface area contributed by atoms with Crippen LogP contribution in [0.1, 0.15) is 26.4 Å². The highest BCUT2D eigenvalue weighted by molar-refractivity contribution is 7.80. The van der Waals surface area contributed by atoms with E-state index in [1.54, 1.807) is 19.1 Å². The zero-order valence-corrected chi connectivity index (χ0v) is 18.4. The summed E-state index contributed by atoms with van der Waals surface area (Å²) in [7, 11) is 1.32. The zero-order chi connectivity index (χ0) is 22.4. The van der Waals surface area contributed by atoms with Crippen LogP contribution in [0.4, 0.5) is 19.5 Å². The predicted molar refractivity (Wildman–Crippen MR) is 123 cm³/mol. The number of rotatable bonds is 7. The zero-order valence-electron chi connectivity index (χ0n) is 16.8. The second kappa shape index (κ2) is 10.3. The molecule has 2 N–H and O–H groups in total. The van der Waals surface area contributed by atoms with Gasteiger partial charge >= 0.3 is 12.6 Å². The first-order valence-electron chi connectivity index (χ1n) is 9.24. The molecular formula is C22H20F2N2O3S2. The van der Waals surface area contributed by atoms with E-state index in [9.17, 15) is 13.6 Å². The molecule has 0 unspecified atom stereocenters. The first kappa shape index (κ1) is 22.6. The van der Waals surface area contributed by atoms with E-state index in [1.807, 2.05) is 30.3 Å². The van der Waals surface area contributed by atoms with Crippen LogP contribution in [0.2, 0.25) is 0 Å². The maximum Gasteiger partial charge on any atom is 0.387 e. The highest BCUT2D eigenvalue weighted by Crippen LogP contribution is 2.31. The Hall–Kier alpha value is -3.04. The number of hydrogen-bond acceptors (Lipinski definition) is 5. The average Bonchev–Trinajstić information content (AvgIpc) is 3.11. The molecule has 3 rings (SSSR count). The lowest BCUT2D eigenvalue weighted by atomic mass is 10.1. The first-order chi connectivity index (χ1) is 14.9. The lowest BCUT2D eigenvalue weighted by molar-refractivity contribution is -0.0498. The van der Waals surface area contributed by atoms with Gasteiger partial charge in [0.1, 0.15) is 10.8 Å². The molecule has 0 bridgehead atoms. The fourth-order valence-corrected chi connectivity index (χ4v) is 4.25. The molecule has 0 fully saturated rings. The van der Waals surface area contributed by atoms with Gasteiger partial charge in [-0.3, -0.25) is 0 Å². The molecule has 0 radical (unpaired) electrons. The number of hydrogen-bond donors (Lipinski definition) is 2. The smallest absolute Gasteiger partial charge is 0.387 e. The summed E-state index contributed by atoms with van der Waals surface area (Å²) in [6.45, 7) is -1.15. The number of anilines is 2. The van der Waals surface area contributed by atoms with E-state index in [2.05, 4.69) is 15.4 Å². The monoisotopic (exact) mass is 462 g/mol. The third kappa shape index (κ3) is 6.22. The summed E-state index contributed by atoms with van der Waals surface area (Å²) >= 11 is 6.79. The van der Waals surface area contributed by atoms with E-state index in [4.69, 9.17) is 17.0 Å². The van der Waals surface area contributed by atoms with Crippen molar-refractivity contribution in [3.8, 4) is 5.75 Å². The lowest BCUT2D eigenvalue weighted by Crippen LogP contribution is -2.20. The van der Waals surface area contributed by atoms with Crippen molar-refractivity contribution in [3.63, 3.8) is 0 Å². The summed E-state index contributed by atoms with van der Waals surface area (Å²) in [5.74, 6) is -0.403. The van der Waals surface area contributed by atoms with Crippen LogP contribution in [-0.2, 0) is 11.2 Å². The van der Waals surface area contributed by atoms with Gasteiger partial charge in [-0.05, 0) is 54.5 Å². The van der Waals surface area contributed by atoms with Gasteiger partial charge in [-0.2, -0.15) is 8.78 Å². The fraction of sp³-hybridized carbons (Fsp3) is 0.182. The van der Waals surface area contributed by atoms with Crippen LogP contribution in [0.5, 0.6) is 5.75 Å². The number of carbonyl (C=O) groups excluding carboxylic acids is 1. The second-order valence-corrected chi connectivity index (χ2v) is 8.09. The molecule has 0 aliphatic rings. The van der Waals surface area contributed by atoms with Gasteiger partial charge in [-0.1, -0.05) is 30.3 Å². The molecule has 0 saturated heterocycles. The summed E-state index contributed by atoms with van der Waals surface area (Å²) in [4.78, 5) is 13.2. The minimum absolute atomic E-state index is 0.0636. The van der Waals surface area contributed by atoms with Crippen molar-refractivity contribution in [1.29, 1.82) is 0 Å². The Kier molecular flexibility index (Phi) is 7.54. The molecule has 0 atom stereocenters. The van der Waals surface area contributed by atoms with Crippen LogP contribution in [0.15, 0.2) is 54.6 Å². The SMILES string of the molecule is COC(=O)c1cc(Cc2ccccc2)sc1NC(=S)Nc1ccc(OC(F)F)cc1C. The van der Waals surface area contributed by atoms with Crippen molar-refractivity contribution >= 4 is 45.3 Å². The van der Waals surface area contributed by atoms with Gasteiger partial charge in [0.15, 0.2) is 5.11 Å². The Morgan fingerprint density at radius 1 is 1.13 bits per heavy atom. The number of methoxy groups -OCH3 is 1. The second-order valence-electron chi connectivity index (χ2n) is 6.54. The molecule has 162 valence electrons. The molecule has 1 heterocycles. The minimum atomic E-state index is -2.89. The van der Waals surface area contributed by atoms with Crippen molar-refractivity contribution in [3.05, 3.63) is 76.2 Å². The number of thiophene rings is 1. The maximum absolute atomic E-state index is 12.4. The summed E-state index contributed by atoms with van der Waals surface area (Å²) in [5.41, 5.74) is 2.81. The topological polar surface area (TPSA) is 59.6 Å². The molecule has 0 spiro atoms. The van der Waals surface area contributed by atoms with Gasteiger partial charge in [-0.15, -0.1) is 11.3 Å². The van der Waals surface area contributed by atoms with Gasteiger partial charge in [-0.25, -0.2) is 4.79 Å². The molecule has 1 aromatic heterocycles. The number of ether oxygens (including phenoxy) is 2. The van der Waals surface area contributed by atoms with E-state index >= 15 is 0 Å². The van der Waals surface area contributed by atoms with Crippen LogP contribution in [0.3, 0.4) is 0 Å². The summed E-state index contributed by atoms with van der Waals surface area (Å²) in [6, 6.07) is 16.2. The highest BCUT2D eigenvalue weighted by atomic mass is 32.1. The number of carbonyl (C=O) groups is 1. The molecule has 3 aromatic rings. The van der Waals surface area contributed by atoms with E-state index in [0.717, 1.165) is 10.4 Å². The summed E-state index contributed by atoms with van der Waals surface area (Å²) in [5, 5.41) is 6.87. The third-order valence-electron chi connectivity index (χ3n) is 4.31. The maximum atomic E-state index is 12.4. The normalized spacial score (nSPS) is 10.6. The number of alkyl halides is 2. The minimum Gasteiger partial charge on any atom is -0.465 e. The van der Waals surface area contributed by atoms with Gasteiger partial charge in [0.05, 0.1) is 12.7 Å². The quantitative estimate of drug-likeness (QED) is 0.340. The highest BCUT2D eigenvalue weighted by Gasteiger charge is 2.18. The Morgan fingerprint density at radius 3 is 2.52 bits per heavy atom. The summed E-state index contributed by atoms with van der Waals surface area (Å²) in [6.07, 6.45) is 0.669. The van der Waals surface area contributed by atoms with Gasteiger partial charge in [0.2, 0.25) is 0 Å². The van der Waals surface area contributed by atoms with Crippen LogP contribution in [0, 0.1) is 6.92 Å². The van der Waals surface area contributed by atoms with Gasteiger partial charge < -0.3 is 20.1 Å². The Morgan fingerprint density at radius 2 is 1.87 bits per heavy atom. The largest absolute Gasteiger partial charge is 0.465 e. The van der Waals surface area contributed by atoms with Gasteiger partial charge in [0, 0.05) is 17.0 Å². The molecule has 0 amide bonds. The number of thiocarbonyl (C=S) groups is 1. The van der Waals surface area contributed by atoms with Crippen LogP contribution < -0.4 is 15.4 Å². The predicted octanol–water partition coefficient (Wildman–Crippen LogP) is 5.84. The molecule has 2 aromatic carbocycles. The van der Waals surface area contributed by atoms with Crippen molar-refractivity contribution in [2.24, 2.45) is 0 Å². The Balaban J connectivity index is 1.74. The van der Waals surface area contributed by atoms with E-state index < -0.39 is 12.6 Å². The number of nitrogens with one attached hydrogen (secondary N) is 2. The average molecular weight is 463 g/mol. The van der Waals surface area contributed by atoms with E-state index in [1.165, 1.54) is 30.6 Å². The Bertz CT molecular complexity index is 1070. The van der Waals surface area contributed by atoms with Crippen molar-refractivity contribution in [2.45, 2.75) is 20.0 Å². The fourth-order valence-electron chi connectivity index (χ4n) is 2.89. The Labute approximate surface area is 188 Å². The van der Waals surface area contributed by atoms with Crippen LogP contribution in [-0.4, -0.2) is 24.8 Å². The molecule has 0 saturated carbocycles. The van der Waals surface area contributed by atoms with E-state index in [0.29, 0.717) is 28.2 Å². The summed E-state index contributed by atoms with van der Waals surface area (Å²) < 4.78 is 34.0. The van der Waals surface area contributed by atoms with E-state index in [-0.39, 0.29) is 10.9 Å². The van der Waals surface area contributed by atoms with Crippen molar-refractivity contribution in [2.75, 3.05) is 17.7 Å². The van der Waals surface area contributed by atoms with Gasteiger partial charge in [0.25, 0.3) is 0 Å². The van der Waals surface area contributed by atoms with Crippen molar-refractivity contribution < 1.29 is 23.0 Å². The molecule has 31 heavy (non-hydrogen) atoms. The molecule has 5 nitrogen and oxygen atoms in total. The number of benzene rings is 2. The number of aryl methyl sites for hydroxylation is 1. The van der Waals surface area contributed by atoms with Crippen LogP contribution in [0.25, 0.3) is 0 Å². The number of esters is 1. The molecular weight excluding hydrogens is 442 g/mol. The lowest BCUT2D eigenvalue weighted by Gasteiger charge is -2.13. The standard InChI is InChI=1S/C22H20F2N2O3S2/c1-13-10-15(29-21(23)24)8-9-18(13)25-22(30)26-19-17(20(27)28-2)12-16(31-19)11-14-6-4-3-5-7-14/h3-10,12,21H,11H2,1-2H3,(H2,25,26,30). The first-order valence-corrected chi connectivity index (χ1v) is 10.5. The van der Waals surface area contributed by atoms with Crippen LogP contribution >= 0.6 is 23.6 Å².